The first-order chi connectivity index (χ1) is 15.7. The van der Waals surface area contributed by atoms with E-state index in [0.717, 1.165) is 49.8 Å². The number of likely N-dealkylation sites (tertiary alicyclic amines) is 1. The molecule has 33 heavy (non-hydrogen) atoms. The molecule has 1 saturated carbocycles. The van der Waals surface area contributed by atoms with Crippen LogP contribution in [-0.2, 0) is 12.0 Å². The van der Waals surface area contributed by atoms with Gasteiger partial charge in [0, 0.05) is 25.6 Å². The first-order valence-electron chi connectivity index (χ1n) is 11.5. The zero-order chi connectivity index (χ0) is 22.0. The van der Waals surface area contributed by atoms with Crippen molar-refractivity contribution in [1.29, 1.82) is 0 Å². The quantitative estimate of drug-likeness (QED) is 0.562. The molecule has 3 aromatic rings. The lowest BCUT2D eigenvalue weighted by Gasteiger charge is -2.28. The highest BCUT2D eigenvalue weighted by Gasteiger charge is 2.48. The van der Waals surface area contributed by atoms with Crippen LogP contribution in [0.15, 0.2) is 48.5 Å². The fraction of sp³-hybridized carbons (Fsp3) is 0.500. The summed E-state index contributed by atoms with van der Waals surface area (Å²) < 4.78 is 12.0. The predicted octanol–water partition coefficient (Wildman–Crippen LogP) is 4.72. The normalized spacial score (nSPS) is 23.4. The number of methoxy groups -OCH3 is 1. The summed E-state index contributed by atoms with van der Waals surface area (Å²) in [5, 5.41) is 15.3. The number of aromatic amines is 1. The molecule has 1 saturated heterocycles. The third-order valence-electron chi connectivity index (χ3n) is 7.05. The third kappa shape index (κ3) is 4.74. The highest BCUT2D eigenvalue weighted by molar-refractivity contribution is 5.46. The molecule has 5 rings (SSSR count). The van der Waals surface area contributed by atoms with Crippen LogP contribution in [0.1, 0.15) is 62.9 Å². The largest absolute Gasteiger partial charge is 0.493 e. The van der Waals surface area contributed by atoms with Gasteiger partial charge in [0.25, 0.3) is 0 Å². The minimum absolute atomic E-state index is 0. The van der Waals surface area contributed by atoms with Crippen LogP contribution in [0, 0.1) is 0 Å². The number of hydrogen-bond donors (Lipinski definition) is 1. The highest BCUT2D eigenvalue weighted by Crippen LogP contribution is 2.46. The van der Waals surface area contributed by atoms with Crippen molar-refractivity contribution in [3.63, 3.8) is 0 Å². The van der Waals surface area contributed by atoms with Crippen LogP contribution < -0.4 is 9.47 Å². The Labute approximate surface area is 196 Å². The number of rotatable bonds is 7. The molecule has 2 fully saturated rings. The van der Waals surface area contributed by atoms with Gasteiger partial charge in [0.15, 0.2) is 17.3 Å². The van der Waals surface area contributed by atoms with Gasteiger partial charge in [-0.05, 0) is 48.9 Å². The van der Waals surface area contributed by atoms with Crippen molar-refractivity contribution in [2.45, 2.75) is 64.0 Å². The molecule has 0 spiro atoms. The molecule has 1 N–H and O–H groups in total. The van der Waals surface area contributed by atoms with Crippen LogP contribution in [0.3, 0.4) is 0 Å². The molecular weight excluding hydrogens is 414 g/mol. The van der Waals surface area contributed by atoms with Gasteiger partial charge < -0.3 is 9.47 Å². The first kappa shape index (κ1) is 23.2. The van der Waals surface area contributed by atoms with Crippen molar-refractivity contribution in [3.8, 4) is 11.5 Å². The molecule has 0 amide bonds. The summed E-state index contributed by atoms with van der Waals surface area (Å²) in [6.45, 7) is 4.91. The summed E-state index contributed by atoms with van der Waals surface area (Å²) in [7, 11) is 1.71. The summed E-state index contributed by atoms with van der Waals surface area (Å²) in [5.74, 6) is 2.60. The summed E-state index contributed by atoms with van der Waals surface area (Å²) in [6.07, 6.45) is 4.98. The van der Waals surface area contributed by atoms with Crippen LogP contribution in [0.5, 0.6) is 11.5 Å². The van der Waals surface area contributed by atoms with Crippen LogP contribution in [-0.4, -0.2) is 51.8 Å². The fourth-order valence-electron chi connectivity index (χ4n) is 5.35. The SMILES string of the molecule is C.COc1ccc([C@@H]2CN(Cc3ccccc3)C[C@@]2(C)c2nn[nH]n2)cc1OC1CCCC1. The molecule has 176 valence electrons. The molecule has 2 heterocycles. The lowest BCUT2D eigenvalue weighted by Crippen LogP contribution is -2.32. The van der Waals surface area contributed by atoms with Crippen molar-refractivity contribution in [3.05, 3.63) is 65.5 Å². The van der Waals surface area contributed by atoms with Crippen molar-refractivity contribution in [2.24, 2.45) is 0 Å². The monoisotopic (exact) mass is 449 g/mol. The molecule has 0 unspecified atom stereocenters. The number of benzene rings is 2. The van der Waals surface area contributed by atoms with Gasteiger partial charge >= 0.3 is 0 Å². The summed E-state index contributed by atoms with van der Waals surface area (Å²) in [4.78, 5) is 2.48. The van der Waals surface area contributed by atoms with E-state index >= 15 is 0 Å². The van der Waals surface area contributed by atoms with E-state index in [0.29, 0.717) is 0 Å². The highest BCUT2D eigenvalue weighted by atomic mass is 16.5. The van der Waals surface area contributed by atoms with E-state index in [-0.39, 0.29) is 24.9 Å². The molecule has 1 aromatic heterocycles. The van der Waals surface area contributed by atoms with Crippen molar-refractivity contribution in [2.75, 3.05) is 20.2 Å². The summed E-state index contributed by atoms with van der Waals surface area (Å²) >= 11 is 0. The van der Waals surface area contributed by atoms with E-state index in [1.807, 2.05) is 6.07 Å². The maximum Gasteiger partial charge on any atom is 0.182 e. The molecule has 1 aliphatic carbocycles. The summed E-state index contributed by atoms with van der Waals surface area (Å²) in [5.41, 5.74) is 2.27. The molecule has 2 atom stereocenters. The van der Waals surface area contributed by atoms with Gasteiger partial charge in [0.1, 0.15) is 0 Å². The van der Waals surface area contributed by atoms with E-state index in [1.54, 1.807) is 7.11 Å². The number of nitrogens with zero attached hydrogens (tertiary/aromatic N) is 4. The van der Waals surface area contributed by atoms with Crippen molar-refractivity contribution >= 4 is 0 Å². The van der Waals surface area contributed by atoms with Crippen molar-refractivity contribution in [1.82, 2.24) is 25.5 Å². The third-order valence-corrected chi connectivity index (χ3v) is 7.05. The van der Waals surface area contributed by atoms with Crippen LogP contribution in [0.2, 0.25) is 0 Å². The van der Waals surface area contributed by atoms with Gasteiger partial charge in [0.05, 0.1) is 18.6 Å². The Morgan fingerprint density at radius 3 is 2.58 bits per heavy atom. The van der Waals surface area contributed by atoms with Crippen LogP contribution in [0.4, 0.5) is 0 Å². The van der Waals surface area contributed by atoms with Gasteiger partial charge in [-0.15, -0.1) is 10.2 Å². The van der Waals surface area contributed by atoms with E-state index in [2.05, 4.69) is 74.9 Å². The smallest absolute Gasteiger partial charge is 0.182 e. The van der Waals surface area contributed by atoms with E-state index in [9.17, 15) is 0 Å². The number of hydrogen-bond acceptors (Lipinski definition) is 6. The minimum atomic E-state index is -0.263. The standard InChI is InChI=1S/C25H31N5O2.CH4/c1-25(24-26-28-29-27-24)17-30(15-18-8-4-3-5-9-18)16-21(25)19-12-13-22(31-2)23(14-19)32-20-10-6-7-11-20;/h3-5,8-9,12-14,20-21H,6-7,10-11,15-17H2,1-2H3,(H,26,27,28,29);1H4/t21-,25+;/m0./s1. The molecule has 2 aromatic carbocycles. The molecule has 1 aliphatic heterocycles. The Balaban J connectivity index is 0.00000259. The second-order valence-electron chi connectivity index (χ2n) is 9.30. The molecule has 0 bridgehead atoms. The molecular formula is C26H35N5O2. The van der Waals surface area contributed by atoms with E-state index in [4.69, 9.17) is 9.47 Å². The summed E-state index contributed by atoms with van der Waals surface area (Å²) in [6, 6.07) is 17.0. The topological polar surface area (TPSA) is 76.2 Å². The Bertz CT molecular complexity index is 1020. The predicted molar refractivity (Wildman–Crippen MR) is 129 cm³/mol. The Kier molecular flexibility index (Phi) is 6.98. The Morgan fingerprint density at radius 2 is 1.88 bits per heavy atom. The maximum absolute atomic E-state index is 6.39. The molecule has 0 radical (unpaired) electrons. The zero-order valence-electron chi connectivity index (χ0n) is 18.8. The average molecular weight is 450 g/mol. The van der Waals surface area contributed by atoms with Gasteiger partial charge in [-0.3, -0.25) is 4.90 Å². The first-order valence-corrected chi connectivity index (χ1v) is 11.5. The number of ether oxygens (including phenoxy) is 2. The van der Waals surface area contributed by atoms with E-state index < -0.39 is 0 Å². The zero-order valence-corrected chi connectivity index (χ0v) is 18.8. The lowest BCUT2D eigenvalue weighted by atomic mass is 9.75. The van der Waals surface area contributed by atoms with Crippen LogP contribution >= 0.6 is 0 Å². The fourth-order valence-corrected chi connectivity index (χ4v) is 5.35. The van der Waals surface area contributed by atoms with Gasteiger partial charge in [-0.2, -0.15) is 5.21 Å². The van der Waals surface area contributed by atoms with Gasteiger partial charge in [-0.1, -0.05) is 56.0 Å². The maximum atomic E-state index is 6.39. The van der Waals surface area contributed by atoms with Gasteiger partial charge in [-0.25, -0.2) is 0 Å². The minimum Gasteiger partial charge on any atom is -0.493 e. The van der Waals surface area contributed by atoms with Gasteiger partial charge in [0.2, 0.25) is 0 Å². The number of nitrogens with one attached hydrogen (secondary N) is 1. The Morgan fingerprint density at radius 1 is 1.09 bits per heavy atom. The lowest BCUT2D eigenvalue weighted by molar-refractivity contribution is 0.200. The number of tetrazole rings is 1. The molecule has 7 nitrogen and oxygen atoms in total. The second kappa shape index (κ2) is 9.91. The number of H-pyrrole nitrogens is 1. The van der Waals surface area contributed by atoms with Crippen molar-refractivity contribution < 1.29 is 9.47 Å². The second-order valence-corrected chi connectivity index (χ2v) is 9.30. The average Bonchev–Trinajstić information content (AvgIpc) is 3.57. The molecule has 2 aliphatic rings. The van der Waals surface area contributed by atoms with E-state index in [1.165, 1.54) is 24.0 Å². The molecule has 7 heteroatoms. The Hall–Kier alpha value is -2.93. The number of aromatic nitrogens is 4. The van der Waals surface area contributed by atoms with Crippen LogP contribution in [0.25, 0.3) is 0 Å².